The molecule has 1 amide bonds. The summed E-state index contributed by atoms with van der Waals surface area (Å²) in [6, 6.07) is 11.2. The van der Waals surface area contributed by atoms with Gasteiger partial charge in [-0.2, -0.15) is 0 Å². The predicted octanol–water partition coefficient (Wildman–Crippen LogP) is 3.60. The Labute approximate surface area is 135 Å². The summed E-state index contributed by atoms with van der Waals surface area (Å²) < 4.78 is 10.3. The van der Waals surface area contributed by atoms with Crippen molar-refractivity contribution in [1.82, 2.24) is 5.32 Å². The summed E-state index contributed by atoms with van der Waals surface area (Å²) >= 11 is 6.11. The number of methoxy groups -OCH3 is 2. The summed E-state index contributed by atoms with van der Waals surface area (Å²) in [5.41, 5.74) is 2.64. The molecule has 0 aliphatic heterocycles. The Morgan fingerprint density at radius 1 is 1.14 bits per heavy atom. The third-order valence-electron chi connectivity index (χ3n) is 3.27. The number of benzene rings is 2. The van der Waals surface area contributed by atoms with Crippen LogP contribution in [0.2, 0.25) is 5.02 Å². The van der Waals surface area contributed by atoms with Crippen LogP contribution in [0.3, 0.4) is 0 Å². The first-order chi connectivity index (χ1) is 10.5. The van der Waals surface area contributed by atoms with Gasteiger partial charge in [-0.05, 0) is 24.6 Å². The summed E-state index contributed by atoms with van der Waals surface area (Å²) in [5.74, 6) is 0.623. The van der Waals surface area contributed by atoms with Crippen LogP contribution in [-0.2, 0) is 6.54 Å². The number of halogens is 1. The van der Waals surface area contributed by atoms with Crippen LogP contribution in [-0.4, -0.2) is 20.1 Å². The molecular weight excluding hydrogens is 302 g/mol. The van der Waals surface area contributed by atoms with Gasteiger partial charge in [-0.3, -0.25) is 4.79 Å². The van der Waals surface area contributed by atoms with Crippen molar-refractivity contribution >= 4 is 17.5 Å². The van der Waals surface area contributed by atoms with E-state index in [0.29, 0.717) is 28.6 Å². The van der Waals surface area contributed by atoms with E-state index >= 15 is 0 Å². The lowest BCUT2D eigenvalue weighted by molar-refractivity contribution is 0.0950. The Kier molecular flexibility index (Phi) is 5.28. The van der Waals surface area contributed by atoms with Crippen LogP contribution in [0.4, 0.5) is 0 Å². The van der Waals surface area contributed by atoms with Gasteiger partial charge in [0.2, 0.25) is 0 Å². The average Bonchev–Trinajstić information content (AvgIpc) is 2.53. The molecule has 2 aromatic carbocycles. The van der Waals surface area contributed by atoms with Gasteiger partial charge in [0.15, 0.2) is 11.5 Å². The quantitative estimate of drug-likeness (QED) is 0.916. The lowest BCUT2D eigenvalue weighted by atomic mass is 10.1. The third-order valence-corrected chi connectivity index (χ3v) is 3.55. The average molecular weight is 320 g/mol. The second-order valence-corrected chi connectivity index (χ2v) is 5.27. The van der Waals surface area contributed by atoms with Crippen LogP contribution in [0, 0.1) is 6.92 Å². The first-order valence-electron chi connectivity index (χ1n) is 6.80. The molecule has 0 spiro atoms. The Morgan fingerprint density at radius 3 is 2.41 bits per heavy atom. The molecule has 0 aliphatic rings. The normalized spacial score (nSPS) is 10.2. The molecular formula is C17H18ClNO3. The van der Waals surface area contributed by atoms with Crippen molar-refractivity contribution in [2.75, 3.05) is 14.2 Å². The first-order valence-corrected chi connectivity index (χ1v) is 7.18. The number of hydrogen-bond acceptors (Lipinski definition) is 3. The minimum atomic E-state index is -0.219. The van der Waals surface area contributed by atoms with E-state index in [0.717, 1.165) is 5.56 Å². The van der Waals surface area contributed by atoms with Crippen molar-refractivity contribution in [2.24, 2.45) is 0 Å². The molecule has 0 bridgehead atoms. The van der Waals surface area contributed by atoms with Crippen LogP contribution >= 0.6 is 11.6 Å². The van der Waals surface area contributed by atoms with E-state index in [4.69, 9.17) is 21.1 Å². The fourth-order valence-electron chi connectivity index (χ4n) is 2.04. The number of amides is 1. The summed E-state index contributed by atoms with van der Waals surface area (Å²) in [7, 11) is 3.00. The molecule has 0 aliphatic carbocycles. The van der Waals surface area contributed by atoms with Gasteiger partial charge in [-0.25, -0.2) is 0 Å². The molecule has 5 heteroatoms. The molecule has 1 N–H and O–H groups in total. The van der Waals surface area contributed by atoms with Gasteiger partial charge >= 0.3 is 0 Å². The molecule has 0 aromatic heterocycles. The maximum Gasteiger partial charge on any atom is 0.251 e. The lowest BCUT2D eigenvalue weighted by Gasteiger charge is -2.12. The number of ether oxygens (including phenoxy) is 2. The van der Waals surface area contributed by atoms with Gasteiger partial charge in [0.1, 0.15) is 0 Å². The van der Waals surface area contributed by atoms with Crippen molar-refractivity contribution in [3.8, 4) is 11.5 Å². The standard InChI is InChI=1S/C17H18ClNO3/c1-11-4-6-12(7-5-11)10-19-17(20)13-8-14(18)16(22-3)15(9-13)21-2/h4-9H,10H2,1-3H3,(H,19,20). The second-order valence-electron chi connectivity index (χ2n) is 4.86. The second kappa shape index (κ2) is 7.18. The van der Waals surface area contributed by atoms with E-state index in [-0.39, 0.29) is 5.91 Å². The Bertz CT molecular complexity index is 668. The van der Waals surface area contributed by atoms with E-state index in [1.807, 2.05) is 31.2 Å². The fourth-order valence-corrected chi connectivity index (χ4v) is 2.33. The molecule has 0 fully saturated rings. The maximum atomic E-state index is 12.2. The number of carbonyl (C=O) groups excluding carboxylic acids is 1. The van der Waals surface area contributed by atoms with Gasteiger partial charge in [0.05, 0.1) is 19.2 Å². The molecule has 2 rings (SSSR count). The number of rotatable bonds is 5. The molecule has 0 heterocycles. The summed E-state index contributed by atoms with van der Waals surface area (Å²) in [4.78, 5) is 12.2. The van der Waals surface area contributed by atoms with E-state index in [9.17, 15) is 4.79 Å². The minimum absolute atomic E-state index is 0.219. The molecule has 0 unspecified atom stereocenters. The zero-order chi connectivity index (χ0) is 16.1. The van der Waals surface area contributed by atoms with E-state index < -0.39 is 0 Å². The zero-order valence-electron chi connectivity index (χ0n) is 12.8. The van der Waals surface area contributed by atoms with Crippen molar-refractivity contribution in [3.63, 3.8) is 0 Å². The van der Waals surface area contributed by atoms with Crippen molar-refractivity contribution < 1.29 is 14.3 Å². The topological polar surface area (TPSA) is 47.6 Å². The highest BCUT2D eigenvalue weighted by Crippen LogP contribution is 2.35. The fraction of sp³-hybridized carbons (Fsp3) is 0.235. The van der Waals surface area contributed by atoms with E-state index in [2.05, 4.69) is 5.32 Å². The smallest absolute Gasteiger partial charge is 0.251 e. The number of hydrogen-bond donors (Lipinski definition) is 1. The molecule has 22 heavy (non-hydrogen) atoms. The van der Waals surface area contributed by atoms with Gasteiger partial charge < -0.3 is 14.8 Å². The molecule has 0 saturated carbocycles. The van der Waals surface area contributed by atoms with Gasteiger partial charge in [0.25, 0.3) is 5.91 Å². The summed E-state index contributed by atoms with van der Waals surface area (Å²) in [5, 5.41) is 3.19. The molecule has 0 radical (unpaired) electrons. The molecule has 2 aromatic rings. The van der Waals surface area contributed by atoms with Gasteiger partial charge in [-0.1, -0.05) is 41.4 Å². The highest BCUT2D eigenvalue weighted by molar-refractivity contribution is 6.32. The molecule has 0 atom stereocenters. The number of aryl methyl sites for hydroxylation is 1. The Hall–Kier alpha value is -2.20. The van der Waals surface area contributed by atoms with Crippen LogP contribution < -0.4 is 14.8 Å². The van der Waals surface area contributed by atoms with Crippen LogP contribution in [0.1, 0.15) is 21.5 Å². The minimum Gasteiger partial charge on any atom is -0.493 e. The molecule has 4 nitrogen and oxygen atoms in total. The maximum absolute atomic E-state index is 12.2. The van der Waals surface area contributed by atoms with Crippen molar-refractivity contribution in [2.45, 2.75) is 13.5 Å². The van der Waals surface area contributed by atoms with Gasteiger partial charge in [0, 0.05) is 12.1 Å². The highest BCUT2D eigenvalue weighted by Gasteiger charge is 2.15. The Balaban J connectivity index is 2.12. The Morgan fingerprint density at radius 2 is 1.82 bits per heavy atom. The summed E-state index contributed by atoms with van der Waals surface area (Å²) in [6.45, 7) is 2.47. The third kappa shape index (κ3) is 3.71. The van der Waals surface area contributed by atoms with Crippen molar-refractivity contribution in [3.05, 3.63) is 58.1 Å². The first kappa shape index (κ1) is 16.2. The summed E-state index contributed by atoms with van der Waals surface area (Å²) in [6.07, 6.45) is 0. The van der Waals surface area contributed by atoms with Crippen LogP contribution in [0.25, 0.3) is 0 Å². The lowest BCUT2D eigenvalue weighted by Crippen LogP contribution is -2.22. The van der Waals surface area contributed by atoms with Crippen molar-refractivity contribution in [1.29, 1.82) is 0 Å². The largest absolute Gasteiger partial charge is 0.493 e. The van der Waals surface area contributed by atoms with Gasteiger partial charge in [-0.15, -0.1) is 0 Å². The highest BCUT2D eigenvalue weighted by atomic mass is 35.5. The number of carbonyl (C=O) groups is 1. The zero-order valence-corrected chi connectivity index (χ0v) is 13.5. The van der Waals surface area contributed by atoms with E-state index in [1.165, 1.54) is 19.8 Å². The van der Waals surface area contributed by atoms with Crippen LogP contribution in [0.5, 0.6) is 11.5 Å². The number of nitrogens with one attached hydrogen (secondary N) is 1. The molecule has 0 saturated heterocycles. The van der Waals surface area contributed by atoms with Crippen LogP contribution in [0.15, 0.2) is 36.4 Å². The SMILES string of the molecule is COc1cc(C(=O)NCc2ccc(C)cc2)cc(Cl)c1OC. The molecule has 116 valence electrons. The predicted molar refractivity (Wildman–Crippen MR) is 86.9 cm³/mol. The monoisotopic (exact) mass is 319 g/mol. The van der Waals surface area contributed by atoms with E-state index in [1.54, 1.807) is 12.1 Å².